The van der Waals surface area contributed by atoms with Gasteiger partial charge in [0.05, 0.1) is 12.4 Å². The molecule has 0 bridgehead atoms. The fraction of sp³-hybridized carbons (Fsp3) is 0.600. The second-order valence-electron chi connectivity index (χ2n) is 2.74. The lowest BCUT2D eigenvalue weighted by molar-refractivity contribution is 0.150. The molecule has 0 aromatic heterocycles. The molecule has 0 rings (SSSR count). The molecule has 0 amide bonds. The highest BCUT2D eigenvalue weighted by atomic mass is 19.1. The van der Waals surface area contributed by atoms with Gasteiger partial charge in [0.2, 0.25) is 0 Å². The van der Waals surface area contributed by atoms with Crippen LogP contribution in [0.15, 0.2) is 24.7 Å². The van der Waals surface area contributed by atoms with E-state index in [0.29, 0.717) is 26.2 Å². The number of ether oxygens (including phenoxy) is 1. The zero-order chi connectivity index (χ0) is 10.1. The van der Waals surface area contributed by atoms with E-state index in [-0.39, 0.29) is 5.83 Å². The average Bonchev–Trinajstić information content (AvgIpc) is 2.04. The van der Waals surface area contributed by atoms with Crippen LogP contribution in [0.25, 0.3) is 0 Å². The predicted molar refractivity (Wildman–Crippen MR) is 53.1 cm³/mol. The molecule has 0 unspecified atom stereocenters. The molecule has 0 heterocycles. The first-order valence-electron chi connectivity index (χ1n) is 4.49. The van der Waals surface area contributed by atoms with Gasteiger partial charge in [0.15, 0.2) is 0 Å². The van der Waals surface area contributed by atoms with Crippen molar-refractivity contribution < 1.29 is 9.13 Å². The fourth-order valence-corrected chi connectivity index (χ4v) is 0.803. The minimum absolute atomic E-state index is 0.301. The van der Waals surface area contributed by atoms with Crippen molar-refractivity contribution in [3.05, 3.63) is 24.7 Å². The third-order valence-electron chi connectivity index (χ3n) is 1.52. The molecule has 0 spiro atoms. The van der Waals surface area contributed by atoms with Gasteiger partial charge in [-0.05, 0) is 6.92 Å². The number of nitrogens with one attached hydrogen (secondary N) is 1. The lowest BCUT2D eigenvalue weighted by Crippen LogP contribution is -2.15. The summed E-state index contributed by atoms with van der Waals surface area (Å²) in [6.07, 6.45) is 1.11. The first-order valence-corrected chi connectivity index (χ1v) is 4.49. The van der Waals surface area contributed by atoms with Crippen LogP contribution >= 0.6 is 0 Å². The summed E-state index contributed by atoms with van der Waals surface area (Å²) in [6.45, 7) is 10.8. The predicted octanol–water partition coefficient (Wildman–Crippen LogP) is 2.39. The lowest BCUT2D eigenvalue weighted by Gasteiger charge is -2.08. The Morgan fingerprint density at radius 3 is 2.62 bits per heavy atom. The maximum Gasteiger partial charge on any atom is 0.0945 e. The molecule has 0 aliphatic rings. The molecule has 0 saturated heterocycles. The Hall–Kier alpha value is -0.830. The summed E-state index contributed by atoms with van der Waals surface area (Å²) in [4.78, 5) is 0. The van der Waals surface area contributed by atoms with E-state index in [9.17, 15) is 4.39 Å². The number of rotatable bonds is 8. The molecule has 0 aliphatic carbocycles. The minimum atomic E-state index is -0.301. The molecule has 2 nitrogen and oxygen atoms in total. The summed E-state index contributed by atoms with van der Waals surface area (Å²) in [5.74, 6) is -0.301. The van der Waals surface area contributed by atoms with Gasteiger partial charge in [0.1, 0.15) is 0 Å². The second kappa shape index (κ2) is 7.80. The molecule has 0 atom stereocenters. The van der Waals surface area contributed by atoms with Gasteiger partial charge in [-0.25, -0.2) is 4.39 Å². The largest absolute Gasteiger partial charge is 0.388 e. The zero-order valence-electron chi connectivity index (χ0n) is 8.24. The van der Waals surface area contributed by atoms with Crippen LogP contribution in [-0.2, 0) is 4.74 Å². The molecule has 0 aromatic carbocycles. The highest BCUT2D eigenvalue weighted by Crippen LogP contribution is 1.99. The maximum absolute atomic E-state index is 12.2. The van der Waals surface area contributed by atoms with Crippen LogP contribution in [0.2, 0.25) is 0 Å². The van der Waals surface area contributed by atoms with E-state index >= 15 is 0 Å². The summed E-state index contributed by atoms with van der Waals surface area (Å²) >= 11 is 0. The molecule has 0 fully saturated rings. The van der Waals surface area contributed by atoms with Gasteiger partial charge >= 0.3 is 0 Å². The van der Waals surface area contributed by atoms with Crippen LogP contribution in [-0.4, -0.2) is 19.8 Å². The summed E-state index contributed by atoms with van der Waals surface area (Å²) in [6, 6.07) is 0. The quantitative estimate of drug-likeness (QED) is 0.589. The van der Waals surface area contributed by atoms with Crippen LogP contribution in [0.3, 0.4) is 0 Å². The molecular weight excluding hydrogens is 169 g/mol. The van der Waals surface area contributed by atoms with Crippen molar-refractivity contribution >= 4 is 0 Å². The molecule has 0 aliphatic heterocycles. The van der Waals surface area contributed by atoms with Crippen LogP contribution in [0.1, 0.15) is 19.8 Å². The van der Waals surface area contributed by atoms with Crippen molar-refractivity contribution in [2.24, 2.45) is 0 Å². The topological polar surface area (TPSA) is 21.3 Å². The van der Waals surface area contributed by atoms with Crippen molar-refractivity contribution in [3.8, 4) is 0 Å². The van der Waals surface area contributed by atoms with E-state index in [2.05, 4.69) is 18.5 Å². The summed E-state index contributed by atoms with van der Waals surface area (Å²) < 4.78 is 17.3. The molecule has 0 saturated carbocycles. The Balaban J connectivity index is 3.25. The molecular formula is C10H18FNO. The van der Waals surface area contributed by atoms with Crippen LogP contribution in [0, 0.1) is 0 Å². The Kier molecular flexibility index (Phi) is 7.30. The van der Waals surface area contributed by atoms with Gasteiger partial charge in [-0.15, -0.1) is 0 Å². The van der Waals surface area contributed by atoms with E-state index in [1.54, 1.807) is 0 Å². The fourth-order valence-electron chi connectivity index (χ4n) is 0.803. The molecule has 0 radical (unpaired) electrons. The van der Waals surface area contributed by atoms with E-state index < -0.39 is 0 Å². The highest BCUT2D eigenvalue weighted by molar-refractivity contribution is 4.92. The van der Waals surface area contributed by atoms with E-state index in [4.69, 9.17) is 4.74 Å². The highest BCUT2D eigenvalue weighted by Gasteiger charge is 1.94. The normalized spacial score (nSPS) is 9.69. The van der Waals surface area contributed by atoms with Gasteiger partial charge in [-0.3, -0.25) is 0 Å². The Bertz CT molecular complexity index is 168. The molecule has 0 aromatic rings. The Labute approximate surface area is 79.5 Å². The monoisotopic (exact) mass is 187 g/mol. The third-order valence-corrected chi connectivity index (χ3v) is 1.52. The summed E-state index contributed by atoms with van der Waals surface area (Å²) in [5, 5.41) is 3.00. The average molecular weight is 187 g/mol. The Morgan fingerprint density at radius 2 is 2.08 bits per heavy atom. The third kappa shape index (κ3) is 9.08. The van der Waals surface area contributed by atoms with Gasteiger partial charge in [-0.2, -0.15) is 0 Å². The van der Waals surface area contributed by atoms with Crippen molar-refractivity contribution in [3.63, 3.8) is 0 Å². The van der Waals surface area contributed by atoms with Crippen molar-refractivity contribution in [1.82, 2.24) is 5.32 Å². The van der Waals surface area contributed by atoms with Gasteiger partial charge in [0, 0.05) is 31.7 Å². The minimum Gasteiger partial charge on any atom is -0.388 e. The van der Waals surface area contributed by atoms with E-state index in [1.807, 2.05) is 6.92 Å². The molecule has 3 heteroatoms. The smallest absolute Gasteiger partial charge is 0.0945 e. The van der Waals surface area contributed by atoms with Gasteiger partial charge < -0.3 is 10.1 Å². The summed E-state index contributed by atoms with van der Waals surface area (Å²) in [5.41, 5.74) is 0.884. The zero-order valence-corrected chi connectivity index (χ0v) is 8.24. The van der Waals surface area contributed by atoms with Crippen molar-refractivity contribution in [1.29, 1.82) is 0 Å². The van der Waals surface area contributed by atoms with E-state index in [0.717, 1.165) is 12.1 Å². The number of hydrogen-bond acceptors (Lipinski definition) is 2. The standard InChI is InChI=1S/C10H18FNO/c1-4-13-8-6-10(3)12-7-5-9(2)11/h12H,2-8H2,1H3. The van der Waals surface area contributed by atoms with Gasteiger partial charge in [-0.1, -0.05) is 13.2 Å². The number of halogens is 1. The number of hydrogen-bond donors (Lipinski definition) is 1. The van der Waals surface area contributed by atoms with Crippen molar-refractivity contribution in [2.75, 3.05) is 19.8 Å². The van der Waals surface area contributed by atoms with Crippen LogP contribution in [0.4, 0.5) is 4.39 Å². The van der Waals surface area contributed by atoms with Crippen molar-refractivity contribution in [2.45, 2.75) is 19.8 Å². The maximum atomic E-state index is 12.2. The molecule has 76 valence electrons. The first kappa shape index (κ1) is 12.2. The molecule has 1 N–H and O–H groups in total. The van der Waals surface area contributed by atoms with E-state index in [1.165, 1.54) is 0 Å². The summed E-state index contributed by atoms with van der Waals surface area (Å²) in [7, 11) is 0. The van der Waals surface area contributed by atoms with Crippen LogP contribution < -0.4 is 5.32 Å². The second-order valence-corrected chi connectivity index (χ2v) is 2.74. The Morgan fingerprint density at radius 1 is 1.38 bits per heavy atom. The SMILES string of the molecule is C=C(F)CCNC(=C)CCOCC. The molecule has 13 heavy (non-hydrogen) atoms. The van der Waals surface area contributed by atoms with Gasteiger partial charge in [0.25, 0.3) is 0 Å². The lowest BCUT2D eigenvalue weighted by atomic mass is 10.3. The first-order chi connectivity index (χ1) is 6.16. The van der Waals surface area contributed by atoms with Crippen LogP contribution in [0.5, 0.6) is 0 Å².